The minimum absolute atomic E-state index is 0.121. The Kier molecular flexibility index (Phi) is 6.42. The molecule has 3 atom stereocenters. The molecule has 0 heterocycles. The fraction of sp³-hybridized carbons (Fsp3) is 0.371. The highest BCUT2D eigenvalue weighted by molar-refractivity contribution is 5.85. The maximum absolute atomic E-state index is 14.6. The number of aryl methyl sites for hydroxylation is 2. The van der Waals surface area contributed by atoms with Crippen molar-refractivity contribution in [2.24, 2.45) is 11.3 Å². The van der Waals surface area contributed by atoms with Gasteiger partial charge in [-0.15, -0.1) is 11.5 Å². The highest BCUT2D eigenvalue weighted by Crippen LogP contribution is 2.62. The third-order valence-electron chi connectivity index (χ3n) is 8.87. The largest absolute Gasteiger partial charge is 0.247 e. The van der Waals surface area contributed by atoms with Crippen molar-refractivity contribution >= 4 is 11.1 Å². The van der Waals surface area contributed by atoms with Gasteiger partial charge in [-0.1, -0.05) is 86.3 Å². The molecule has 2 saturated carbocycles. The van der Waals surface area contributed by atoms with E-state index in [-0.39, 0.29) is 10.8 Å². The molecule has 2 aromatic carbocycles. The molecule has 0 aliphatic heterocycles. The predicted octanol–water partition coefficient (Wildman–Crippen LogP) is 9.27. The van der Waals surface area contributed by atoms with Crippen molar-refractivity contribution in [2.75, 3.05) is 0 Å². The second-order valence-corrected chi connectivity index (χ2v) is 11.0. The fourth-order valence-corrected chi connectivity index (χ4v) is 6.20. The number of halogens is 1. The van der Waals surface area contributed by atoms with Crippen LogP contribution < -0.4 is 0 Å². The lowest BCUT2D eigenvalue weighted by atomic mass is 9.83. The summed E-state index contributed by atoms with van der Waals surface area (Å²) in [7, 11) is 0. The highest BCUT2D eigenvalue weighted by Gasteiger charge is 2.57. The van der Waals surface area contributed by atoms with E-state index < -0.39 is 6.17 Å². The zero-order valence-electron chi connectivity index (χ0n) is 22.0. The molecular weight excluding hydrogens is 439 g/mol. The Bertz CT molecular complexity index is 1330. The smallest absolute Gasteiger partial charge is 0.109 e. The number of benzene rings is 2. The molecule has 0 radical (unpaired) electrons. The first kappa shape index (κ1) is 24.6. The molecule has 0 N–H and O–H groups in total. The van der Waals surface area contributed by atoms with Gasteiger partial charge in [-0.05, 0) is 97.3 Å². The van der Waals surface area contributed by atoms with Crippen molar-refractivity contribution in [1.29, 1.82) is 0 Å². The Morgan fingerprint density at radius 2 is 1.86 bits per heavy atom. The van der Waals surface area contributed by atoms with E-state index in [0.29, 0.717) is 12.3 Å². The van der Waals surface area contributed by atoms with Crippen LogP contribution in [0.4, 0.5) is 4.39 Å². The summed E-state index contributed by atoms with van der Waals surface area (Å²) >= 11 is 0. The Morgan fingerprint density at radius 3 is 2.47 bits per heavy atom. The van der Waals surface area contributed by atoms with Gasteiger partial charge in [0, 0.05) is 10.8 Å². The van der Waals surface area contributed by atoms with Gasteiger partial charge in [-0.2, -0.15) is 0 Å². The molecule has 0 nitrogen and oxygen atoms in total. The van der Waals surface area contributed by atoms with E-state index in [1.807, 2.05) is 6.92 Å². The van der Waals surface area contributed by atoms with Crippen molar-refractivity contribution in [1.82, 2.24) is 0 Å². The van der Waals surface area contributed by atoms with E-state index in [1.54, 1.807) is 0 Å². The number of hydrogen-bond donors (Lipinski definition) is 0. The summed E-state index contributed by atoms with van der Waals surface area (Å²) in [5.41, 5.74) is 16.2. The normalized spacial score (nSPS) is 23.6. The van der Waals surface area contributed by atoms with Crippen molar-refractivity contribution in [3.63, 3.8) is 0 Å². The zero-order chi connectivity index (χ0) is 25.5. The summed E-state index contributed by atoms with van der Waals surface area (Å²) in [6.07, 6.45) is 11.6. The van der Waals surface area contributed by atoms with Gasteiger partial charge < -0.3 is 0 Å². The Hall–Kier alpha value is -3.11. The third-order valence-corrected chi connectivity index (χ3v) is 8.87. The Morgan fingerprint density at radius 1 is 1.11 bits per heavy atom. The molecule has 5 rings (SSSR count). The van der Waals surface area contributed by atoms with E-state index in [9.17, 15) is 4.39 Å². The van der Waals surface area contributed by atoms with Crippen LogP contribution in [0.3, 0.4) is 0 Å². The molecule has 2 fully saturated rings. The molecule has 1 heteroatoms. The van der Waals surface area contributed by atoms with Crippen LogP contribution in [0.1, 0.15) is 73.8 Å². The van der Waals surface area contributed by atoms with E-state index in [4.69, 9.17) is 0 Å². The number of rotatable bonds is 9. The molecule has 0 saturated heterocycles. The maximum atomic E-state index is 14.6. The van der Waals surface area contributed by atoms with E-state index in [2.05, 4.69) is 99.2 Å². The first-order chi connectivity index (χ1) is 17.4. The molecule has 0 aromatic heterocycles. The molecule has 3 aliphatic rings. The van der Waals surface area contributed by atoms with Crippen LogP contribution in [0, 0.1) is 18.3 Å². The van der Waals surface area contributed by atoms with Crippen LogP contribution in [0.15, 0.2) is 90.9 Å². The molecule has 2 aromatic rings. The van der Waals surface area contributed by atoms with E-state index >= 15 is 0 Å². The van der Waals surface area contributed by atoms with Gasteiger partial charge in [0.1, 0.15) is 6.17 Å². The molecule has 184 valence electrons. The number of allylic oxidation sites excluding steroid dienone is 6. The van der Waals surface area contributed by atoms with Crippen molar-refractivity contribution in [3.05, 3.63) is 119 Å². The maximum Gasteiger partial charge on any atom is 0.109 e. The van der Waals surface area contributed by atoms with E-state index in [1.165, 1.54) is 51.8 Å². The lowest BCUT2D eigenvalue weighted by Gasteiger charge is -2.21. The minimum Gasteiger partial charge on any atom is -0.247 e. The monoisotopic (exact) mass is 476 g/mol. The van der Waals surface area contributed by atoms with Gasteiger partial charge in [0.25, 0.3) is 0 Å². The van der Waals surface area contributed by atoms with Gasteiger partial charge in [-0.3, -0.25) is 0 Å². The third kappa shape index (κ3) is 4.22. The SMILES string of the molecule is C=C=C(C)c1cc(CCC(=C=C)C2(c3ccc(C)cc3)CC2)ccc1C1=CC2CC2(C(F)CC)C=C1. The summed E-state index contributed by atoms with van der Waals surface area (Å²) < 4.78 is 14.6. The second kappa shape index (κ2) is 9.40. The van der Waals surface area contributed by atoms with Gasteiger partial charge in [-0.25, -0.2) is 4.39 Å². The van der Waals surface area contributed by atoms with Gasteiger partial charge in [0.2, 0.25) is 0 Å². The summed E-state index contributed by atoms with van der Waals surface area (Å²) in [6.45, 7) is 14.1. The lowest BCUT2D eigenvalue weighted by molar-refractivity contribution is 0.230. The standard InChI is InChI=1S/C35H37F/c1-6-25(5)32-21-26(11-15-28(7-2)34(19-20-34)29-13-9-24(4)10-14-29)12-16-31(32)27-17-18-35(33(36)8-3)23-30(35)22-27/h9-10,12-14,16-18,21-22,30,33H,1-2,8,11,15,19-20,23H2,3-5H3. The van der Waals surface area contributed by atoms with Crippen LogP contribution in [0.2, 0.25) is 0 Å². The van der Waals surface area contributed by atoms with Crippen LogP contribution in [0.5, 0.6) is 0 Å². The fourth-order valence-electron chi connectivity index (χ4n) is 6.20. The van der Waals surface area contributed by atoms with Gasteiger partial charge in [0.05, 0.1) is 0 Å². The zero-order valence-corrected chi connectivity index (χ0v) is 22.0. The highest BCUT2D eigenvalue weighted by atomic mass is 19.1. The Labute approximate surface area is 216 Å². The summed E-state index contributed by atoms with van der Waals surface area (Å²) in [6, 6.07) is 15.7. The van der Waals surface area contributed by atoms with Gasteiger partial charge >= 0.3 is 0 Å². The molecule has 3 aliphatic carbocycles. The second-order valence-electron chi connectivity index (χ2n) is 11.0. The Balaban J connectivity index is 1.37. The van der Waals surface area contributed by atoms with Crippen LogP contribution >= 0.6 is 0 Å². The van der Waals surface area contributed by atoms with Gasteiger partial charge in [0.15, 0.2) is 0 Å². The average molecular weight is 477 g/mol. The molecule has 0 amide bonds. The van der Waals surface area contributed by atoms with Crippen LogP contribution in [0.25, 0.3) is 11.1 Å². The average Bonchev–Trinajstić information content (AvgIpc) is 3.83. The summed E-state index contributed by atoms with van der Waals surface area (Å²) in [4.78, 5) is 0. The topological polar surface area (TPSA) is 0 Å². The van der Waals surface area contributed by atoms with Crippen LogP contribution in [-0.4, -0.2) is 6.17 Å². The van der Waals surface area contributed by atoms with Crippen molar-refractivity contribution in [2.45, 2.75) is 70.9 Å². The predicted molar refractivity (Wildman–Crippen MR) is 151 cm³/mol. The number of hydrogen-bond acceptors (Lipinski definition) is 0. The van der Waals surface area contributed by atoms with Crippen molar-refractivity contribution < 1.29 is 4.39 Å². The minimum atomic E-state index is -0.755. The molecule has 3 unspecified atom stereocenters. The lowest BCUT2D eigenvalue weighted by Crippen LogP contribution is -2.17. The first-order valence-corrected chi connectivity index (χ1v) is 13.4. The van der Waals surface area contributed by atoms with Crippen LogP contribution in [-0.2, 0) is 11.8 Å². The van der Waals surface area contributed by atoms with Crippen molar-refractivity contribution in [3.8, 4) is 0 Å². The summed E-state index contributed by atoms with van der Waals surface area (Å²) in [5.74, 6) is 0.310. The first-order valence-electron chi connectivity index (χ1n) is 13.4. The number of fused-ring (bicyclic) bond motifs is 1. The molecule has 0 spiro atoms. The quantitative estimate of drug-likeness (QED) is 0.316. The summed E-state index contributed by atoms with van der Waals surface area (Å²) in [5, 5.41) is 0. The molecular formula is C35H37F. The molecule has 0 bridgehead atoms. The number of alkyl halides is 1. The molecule has 36 heavy (non-hydrogen) atoms. The van der Waals surface area contributed by atoms with E-state index in [0.717, 1.165) is 24.8 Å².